The number of fused-ring (bicyclic) bond motifs is 1. The molecule has 3 aromatic rings. The van der Waals surface area contributed by atoms with Crippen molar-refractivity contribution in [3.05, 3.63) is 42.4 Å². The molecule has 1 saturated heterocycles. The van der Waals surface area contributed by atoms with Gasteiger partial charge in [-0.15, -0.1) is 0 Å². The highest BCUT2D eigenvalue weighted by Crippen LogP contribution is 2.26. The number of benzene rings is 1. The van der Waals surface area contributed by atoms with Crippen LogP contribution in [0, 0.1) is 5.92 Å². The molecule has 0 amide bonds. The first kappa shape index (κ1) is 16.8. The average molecular weight is 350 g/mol. The largest absolute Gasteiger partial charge is 0.368 e. The molecule has 0 radical (unpaired) electrons. The van der Waals surface area contributed by atoms with Crippen molar-refractivity contribution in [2.75, 3.05) is 36.0 Å². The normalized spacial score (nSPS) is 15.2. The van der Waals surface area contributed by atoms with E-state index in [9.17, 15) is 0 Å². The van der Waals surface area contributed by atoms with E-state index in [1.807, 2.05) is 17.9 Å². The maximum absolute atomic E-state index is 4.92. The van der Waals surface area contributed by atoms with Gasteiger partial charge in [-0.05, 0) is 18.1 Å². The van der Waals surface area contributed by atoms with E-state index in [1.165, 1.54) is 5.69 Å². The lowest BCUT2D eigenvalue weighted by atomic mass is 10.1. The molecular formula is C20H26N6. The zero-order chi connectivity index (χ0) is 18.1. The van der Waals surface area contributed by atoms with E-state index < -0.39 is 0 Å². The van der Waals surface area contributed by atoms with Crippen LogP contribution >= 0.6 is 0 Å². The molecule has 26 heavy (non-hydrogen) atoms. The predicted octanol–water partition coefficient (Wildman–Crippen LogP) is 2.89. The lowest BCUT2D eigenvalue weighted by molar-refractivity contribution is 0.613. The molecule has 4 rings (SSSR count). The fraction of sp³-hybridized carbons (Fsp3) is 0.450. The summed E-state index contributed by atoms with van der Waals surface area (Å²) in [5.74, 6) is 2.48. The van der Waals surface area contributed by atoms with Gasteiger partial charge in [0.05, 0.1) is 11.6 Å². The van der Waals surface area contributed by atoms with Crippen molar-refractivity contribution in [1.82, 2.24) is 19.7 Å². The first-order chi connectivity index (χ1) is 12.6. The van der Waals surface area contributed by atoms with Crippen molar-refractivity contribution < 1.29 is 0 Å². The van der Waals surface area contributed by atoms with Crippen LogP contribution in [0.2, 0.25) is 0 Å². The number of para-hydroxylation sites is 1. The van der Waals surface area contributed by atoms with Gasteiger partial charge in [0.2, 0.25) is 0 Å². The molecule has 0 saturated carbocycles. The third-order valence-electron chi connectivity index (χ3n) is 4.91. The number of nitrogens with zero attached hydrogens (tertiary/aromatic N) is 6. The van der Waals surface area contributed by atoms with Crippen molar-refractivity contribution in [3.8, 4) is 0 Å². The minimum atomic E-state index is 0.531. The third-order valence-corrected chi connectivity index (χ3v) is 4.91. The first-order valence-corrected chi connectivity index (χ1v) is 9.35. The van der Waals surface area contributed by atoms with Crippen LogP contribution in [0.25, 0.3) is 11.0 Å². The fourth-order valence-corrected chi connectivity index (χ4v) is 3.56. The second-order valence-electron chi connectivity index (χ2n) is 7.38. The molecule has 0 unspecified atom stereocenters. The molecule has 6 heteroatoms. The second kappa shape index (κ2) is 6.94. The van der Waals surface area contributed by atoms with Gasteiger partial charge < -0.3 is 9.80 Å². The van der Waals surface area contributed by atoms with Gasteiger partial charge in [-0.1, -0.05) is 32.0 Å². The highest BCUT2D eigenvalue weighted by molar-refractivity contribution is 5.87. The van der Waals surface area contributed by atoms with Gasteiger partial charge in [0.25, 0.3) is 0 Å². The standard InChI is InChI=1S/C20H26N6/c1-15(2)13-18-22-19-17(14-21-24(19)3)20(23-18)26-11-9-25(10-12-26)16-7-5-4-6-8-16/h4-8,14-15H,9-13H2,1-3H3. The minimum Gasteiger partial charge on any atom is -0.368 e. The minimum absolute atomic E-state index is 0.531. The van der Waals surface area contributed by atoms with E-state index in [4.69, 9.17) is 9.97 Å². The summed E-state index contributed by atoms with van der Waals surface area (Å²) >= 11 is 0. The Morgan fingerprint density at radius 1 is 0.962 bits per heavy atom. The highest BCUT2D eigenvalue weighted by Gasteiger charge is 2.22. The number of piperazine rings is 1. The molecule has 0 atom stereocenters. The summed E-state index contributed by atoms with van der Waals surface area (Å²) in [6.07, 6.45) is 2.78. The summed E-state index contributed by atoms with van der Waals surface area (Å²) < 4.78 is 1.85. The monoisotopic (exact) mass is 350 g/mol. The molecule has 1 aliphatic heterocycles. The lowest BCUT2D eigenvalue weighted by Gasteiger charge is -2.37. The van der Waals surface area contributed by atoms with Gasteiger partial charge in [-0.25, -0.2) is 9.97 Å². The average Bonchev–Trinajstić information content (AvgIpc) is 3.03. The summed E-state index contributed by atoms with van der Waals surface area (Å²) in [5.41, 5.74) is 2.22. The SMILES string of the molecule is CC(C)Cc1nc(N2CCN(c3ccccc3)CC2)c2cnn(C)c2n1. The molecule has 2 aromatic heterocycles. The Morgan fingerprint density at radius 2 is 1.65 bits per heavy atom. The summed E-state index contributed by atoms with van der Waals surface area (Å²) in [4.78, 5) is 14.5. The Kier molecular flexibility index (Phi) is 4.49. The molecule has 3 heterocycles. The number of rotatable bonds is 4. The smallest absolute Gasteiger partial charge is 0.163 e. The molecule has 6 nitrogen and oxygen atoms in total. The van der Waals surface area contributed by atoms with Crippen LogP contribution in [0.3, 0.4) is 0 Å². The van der Waals surface area contributed by atoms with Crippen molar-refractivity contribution in [3.63, 3.8) is 0 Å². The molecule has 136 valence electrons. The maximum atomic E-state index is 4.92. The van der Waals surface area contributed by atoms with E-state index >= 15 is 0 Å². The summed E-state index contributed by atoms with van der Waals surface area (Å²) in [7, 11) is 1.95. The Bertz CT molecular complexity index is 878. The summed E-state index contributed by atoms with van der Waals surface area (Å²) in [6, 6.07) is 10.6. The highest BCUT2D eigenvalue weighted by atomic mass is 15.3. The lowest BCUT2D eigenvalue weighted by Crippen LogP contribution is -2.47. The Balaban J connectivity index is 1.60. The Morgan fingerprint density at radius 3 is 2.35 bits per heavy atom. The molecular weight excluding hydrogens is 324 g/mol. The molecule has 0 bridgehead atoms. The van der Waals surface area contributed by atoms with E-state index in [0.29, 0.717) is 5.92 Å². The van der Waals surface area contributed by atoms with E-state index in [2.05, 4.69) is 59.1 Å². The number of anilines is 2. The predicted molar refractivity (Wildman–Crippen MR) is 106 cm³/mol. The number of hydrogen-bond acceptors (Lipinski definition) is 5. The van der Waals surface area contributed by atoms with E-state index in [1.54, 1.807) is 0 Å². The zero-order valence-electron chi connectivity index (χ0n) is 15.8. The summed E-state index contributed by atoms with van der Waals surface area (Å²) in [5, 5.41) is 5.46. The van der Waals surface area contributed by atoms with Crippen LogP contribution < -0.4 is 9.80 Å². The number of aromatic nitrogens is 4. The van der Waals surface area contributed by atoms with Crippen molar-refractivity contribution in [2.24, 2.45) is 13.0 Å². The van der Waals surface area contributed by atoms with Crippen LogP contribution in [0.15, 0.2) is 36.5 Å². The van der Waals surface area contributed by atoms with Crippen LogP contribution in [-0.2, 0) is 13.5 Å². The van der Waals surface area contributed by atoms with Crippen LogP contribution in [0.4, 0.5) is 11.5 Å². The topological polar surface area (TPSA) is 50.1 Å². The fourth-order valence-electron chi connectivity index (χ4n) is 3.56. The van der Waals surface area contributed by atoms with E-state index in [-0.39, 0.29) is 0 Å². The van der Waals surface area contributed by atoms with Crippen LogP contribution in [0.5, 0.6) is 0 Å². The molecule has 0 spiro atoms. The maximum Gasteiger partial charge on any atom is 0.163 e. The number of hydrogen-bond donors (Lipinski definition) is 0. The van der Waals surface area contributed by atoms with Crippen molar-refractivity contribution in [1.29, 1.82) is 0 Å². The molecule has 1 aliphatic rings. The van der Waals surface area contributed by atoms with Gasteiger partial charge in [0.15, 0.2) is 5.65 Å². The molecule has 1 aromatic carbocycles. The van der Waals surface area contributed by atoms with Gasteiger partial charge in [0, 0.05) is 45.3 Å². The summed E-state index contributed by atoms with van der Waals surface area (Å²) in [6.45, 7) is 8.31. The second-order valence-corrected chi connectivity index (χ2v) is 7.38. The van der Waals surface area contributed by atoms with Gasteiger partial charge >= 0.3 is 0 Å². The number of aryl methyl sites for hydroxylation is 1. The van der Waals surface area contributed by atoms with Crippen LogP contribution in [0.1, 0.15) is 19.7 Å². The van der Waals surface area contributed by atoms with Crippen molar-refractivity contribution in [2.45, 2.75) is 20.3 Å². The Hall–Kier alpha value is -2.63. The van der Waals surface area contributed by atoms with E-state index in [0.717, 1.165) is 55.3 Å². The quantitative estimate of drug-likeness (QED) is 0.724. The first-order valence-electron chi connectivity index (χ1n) is 9.35. The van der Waals surface area contributed by atoms with Crippen LogP contribution in [-0.4, -0.2) is 45.9 Å². The van der Waals surface area contributed by atoms with Gasteiger partial charge in [0.1, 0.15) is 11.6 Å². The Labute approximate surface area is 154 Å². The molecule has 1 fully saturated rings. The van der Waals surface area contributed by atoms with Gasteiger partial charge in [-0.3, -0.25) is 4.68 Å². The third kappa shape index (κ3) is 3.23. The van der Waals surface area contributed by atoms with Gasteiger partial charge in [-0.2, -0.15) is 5.10 Å². The van der Waals surface area contributed by atoms with Crippen molar-refractivity contribution >= 4 is 22.5 Å². The molecule has 0 aliphatic carbocycles. The molecule has 0 N–H and O–H groups in total. The zero-order valence-corrected chi connectivity index (χ0v) is 15.8.